The maximum absolute atomic E-state index is 13.2. The van der Waals surface area contributed by atoms with Crippen molar-refractivity contribution in [3.05, 3.63) is 104 Å². The van der Waals surface area contributed by atoms with Crippen LogP contribution < -0.4 is 16.7 Å². The van der Waals surface area contributed by atoms with E-state index in [4.69, 9.17) is 5.73 Å². The van der Waals surface area contributed by atoms with Gasteiger partial charge in [-0.3, -0.25) is 4.79 Å². The number of fused-ring (bicyclic) bond motifs is 2. The first-order valence-corrected chi connectivity index (χ1v) is 11.9. The van der Waals surface area contributed by atoms with Gasteiger partial charge in [-0.15, -0.1) is 0 Å². The van der Waals surface area contributed by atoms with E-state index < -0.39 is 17.6 Å². The van der Waals surface area contributed by atoms with Crippen molar-refractivity contribution in [1.82, 2.24) is 19.7 Å². The number of ether oxygens (including phenoxy) is 1. The lowest BCUT2D eigenvalue weighted by Crippen LogP contribution is -2.26. The number of amides is 1. The van der Waals surface area contributed by atoms with Crippen molar-refractivity contribution in [2.45, 2.75) is 39.8 Å². The molecule has 1 atom stereocenters. The van der Waals surface area contributed by atoms with Gasteiger partial charge in [0.25, 0.3) is 5.91 Å². The number of carboxylic acids is 1. The molecule has 0 saturated carbocycles. The zero-order chi connectivity index (χ0) is 28.3. The largest absolute Gasteiger partial charge is 0.477 e. The third kappa shape index (κ3) is 6.24. The van der Waals surface area contributed by atoms with E-state index in [0.717, 1.165) is 28.9 Å². The summed E-state index contributed by atoms with van der Waals surface area (Å²) in [6, 6.07) is 11.2. The highest BCUT2D eigenvalue weighted by Gasteiger charge is 2.20. The standard InChI is InChI=1S/C16H13FN4O4.C11H13NO2.CH4/c1-8-4-9(2-3-10(8)17)6-18-14(22)11-5-12(15(23)24)21-13(20-11)7-19-16(21)25;1-14-11(13)8-2-4-9-7(6-8)3-5-10(9)12;/h2-5,7H,6H2,1H3,(H,18,22)(H,19,25)(H,23,24);2,4,6,10H,3,5,12H2,1H3;1H4/t;10-;/m.0./s1. The first kappa shape index (κ1) is 29.7. The molecule has 4 aromatic rings. The second kappa shape index (κ2) is 12.3. The van der Waals surface area contributed by atoms with Gasteiger partial charge in [-0.25, -0.2) is 28.2 Å². The van der Waals surface area contributed by atoms with E-state index in [1.165, 1.54) is 31.0 Å². The van der Waals surface area contributed by atoms with E-state index in [0.29, 0.717) is 16.7 Å². The number of benzene rings is 2. The third-order valence-corrected chi connectivity index (χ3v) is 6.32. The molecule has 0 radical (unpaired) electrons. The smallest absolute Gasteiger partial charge is 0.353 e. The van der Waals surface area contributed by atoms with E-state index in [1.54, 1.807) is 19.1 Å². The molecular weight excluding hydrogens is 521 g/mol. The van der Waals surface area contributed by atoms with Crippen LogP contribution in [0, 0.1) is 12.7 Å². The average Bonchev–Trinajstić information content (AvgIpc) is 3.50. The maximum atomic E-state index is 13.2. The number of carbonyl (C=O) groups is 3. The zero-order valence-corrected chi connectivity index (χ0v) is 21.2. The van der Waals surface area contributed by atoms with Crippen LogP contribution >= 0.6 is 0 Å². The molecule has 12 heteroatoms. The molecule has 5 rings (SSSR count). The number of hydrogen-bond donors (Lipinski definition) is 4. The van der Waals surface area contributed by atoms with Crippen LogP contribution in [0.2, 0.25) is 0 Å². The summed E-state index contributed by atoms with van der Waals surface area (Å²) in [6.45, 7) is 1.73. The topological polar surface area (TPSA) is 169 Å². The van der Waals surface area contributed by atoms with Gasteiger partial charge in [0, 0.05) is 24.8 Å². The summed E-state index contributed by atoms with van der Waals surface area (Å²) >= 11 is 0. The highest BCUT2D eigenvalue weighted by molar-refractivity contribution is 5.96. The molecule has 0 saturated heterocycles. The lowest BCUT2D eigenvalue weighted by atomic mass is 10.1. The summed E-state index contributed by atoms with van der Waals surface area (Å²) in [7, 11) is 1.39. The molecule has 0 spiro atoms. The molecule has 5 N–H and O–H groups in total. The SMILES string of the molecule is C.COC(=O)c1ccc2c(c1)CC[C@@H]2N.Cc1cc(CNC(=O)c2cc(C(=O)O)n3c(=O)[nH]cc3n2)ccc1F. The van der Waals surface area contributed by atoms with E-state index >= 15 is 0 Å². The Labute approximate surface area is 228 Å². The van der Waals surface area contributed by atoms with Crippen LogP contribution in [0.1, 0.15) is 73.5 Å². The lowest BCUT2D eigenvalue weighted by Gasteiger charge is -2.08. The van der Waals surface area contributed by atoms with Gasteiger partial charge in [-0.1, -0.05) is 25.6 Å². The van der Waals surface area contributed by atoms with Gasteiger partial charge in [0.05, 0.1) is 12.7 Å². The number of imidazole rings is 1. The maximum Gasteiger partial charge on any atom is 0.353 e. The minimum absolute atomic E-state index is 0. The molecular formula is C28H30FN5O6. The Hall–Kier alpha value is -4.84. The summed E-state index contributed by atoms with van der Waals surface area (Å²) < 4.78 is 18.8. The van der Waals surface area contributed by atoms with E-state index in [1.807, 2.05) is 12.1 Å². The lowest BCUT2D eigenvalue weighted by molar-refractivity contribution is 0.0599. The number of nitrogens with zero attached hydrogens (tertiary/aromatic N) is 2. The Morgan fingerprint density at radius 1 is 1.23 bits per heavy atom. The number of H-pyrrole nitrogens is 1. The Balaban J connectivity index is 0.000000250. The molecule has 0 fully saturated rings. The van der Waals surface area contributed by atoms with Crippen LogP contribution in [-0.2, 0) is 17.7 Å². The van der Waals surface area contributed by atoms with Crippen LogP contribution in [-0.4, -0.2) is 44.4 Å². The van der Waals surface area contributed by atoms with Crippen molar-refractivity contribution in [1.29, 1.82) is 0 Å². The van der Waals surface area contributed by atoms with Crippen molar-refractivity contribution in [2.24, 2.45) is 5.73 Å². The highest BCUT2D eigenvalue weighted by Crippen LogP contribution is 2.29. The number of hydrogen-bond acceptors (Lipinski definition) is 7. The zero-order valence-electron chi connectivity index (χ0n) is 21.2. The van der Waals surface area contributed by atoms with Gasteiger partial charge in [-0.05, 0) is 60.2 Å². The molecule has 1 amide bonds. The molecule has 0 bridgehead atoms. The molecule has 0 unspecified atom stereocenters. The minimum atomic E-state index is -1.36. The molecule has 2 aromatic carbocycles. The molecule has 2 heterocycles. The summed E-state index contributed by atoms with van der Waals surface area (Å²) in [5.74, 6) is -2.60. The molecule has 0 aliphatic heterocycles. The van der Waals surface area contributed by atoms with Gasteiger partial charge < -0.3 is 25.9 Å². The predicted molar refractivity (Wildman–Crippen MR) is 145 cm³/mol. The molecule has 40 heavy (non-hydrogen) atoms. The number of aromatic amines is 1. The van der Waals surface area contributed by atoms with Gasteiger partial charge in [0.2, 0.25) is 0 Å². The number of halogens is 1. The Morgan fingerprint density at radius 3 is 2.65 bits per heavy atom. The number of aryl methyl sites for hydroxylation is 2. The van der Waals surface area contributed by atoms with E-state index in [2.05, 4.69) is 20.0 Å². The number of carbonyl (C=O) groups excluding carboxylic acids is 2. The summed E-state index contributed by atoms with van der Waals surface area (Å²) in [4.78, 5) is 52.7. The summed E-state index contributed by atoms with van der Waals surface area (Å²) in [5, 5.41) is 11.8. The quantitative estimate of drug-likeness (QED) is 0.274. The van der Waals surface area contributed by atoms with Crippen LogP contribution in [0.3, 0.4) is 0 Å². The minimum Gasteiger partial charge on any atom is -0.477 e. The van der Waals surface area contributed by atoms with Crippen molar-refractivity contribution in [3.63, 3.8) is 0 Å². The number of carboxylic acid groups (broad SMARTS) is 1. The Morgan fingerprint density at radius 2 is 1.98 bits per heavy atom. The van der Waals surface area contributed by atoms with Crippen molar-refractivity contribution < 1.29 is 28.6 Å². The Bertz CT molecular complexity index is 1640. The molecule has 1 aliphatic rings. The Kier molecular flexibility index (Phi) is 9.17. The van der Waals surface area contributed by atoms with Crippen LogP contribution in [0.15, 0.2) is 53.5 Å². The number of nitrogens with one attached hydrogen (secondary N) is 2. The van der Waals surface area contributed by atoms with E-state index in [9.17, 15) is 28.7 Å². The number of rotatable bonds is 5. The highest BCUT2D eigenvalue weighted by atomic mass is 19.1. The number of esters is 1. The number of methoxy groups -OCH3 is 1. The molecule has 11 nitrogen and oxygen atoms in total. The monoisotopic (exact) mass is 551 g/mol. The van der Waals surface area contributed by atoms with Crippen LogP contribution in [0.25, 0.3) is 5.65 Å². The number of nitrogens with two attached hydrogens (primary N) is 1. The first-order valence-electron chi connectivity index (χ1n) is 11.9. The number of aromatic nitrogens is 3. The van der Waals surface area contributed by atoms with Gasteiger partial charge in [-0.2, -0.15) is 0 Å². The van der Waals surface area contributed by atoms with Crippen molar-refractivity contribution in [2.75, 3.05) is 7.11 Å². The van der Waals surface area contributed by atoms with Crippen molar-refractivity contribution >= 4 is 23.5 Å². The normalized spacial score (nSPS) is 13.4. The third-order valence-electron chi connectivity index (χ3n) is 6.32. The second-order valence-corrected chi connectivity index (χ2v) is 8.94. The fraction of sp³-hybridized carbons (Fsp3) is 0.250. The van der Waals surface area contributed by atoms with Crippen molar-refractivity contribution in [3.8, 4) is 0 Å². The predicted octanol–water partition coefficient (Wildman–Crippen LogP) is 3.15. The first-order chi connectivity index (χ1) is 18.6. The van der Waals surface area contributed by atoms with Crippen LogP contribution in [0.4, 0.5) is 4.39 Å². The van der Waals surface area contributed by atoms with E-state index in [-0.39, 0.29) is 48.8 Å². The van der Waals surface area contributed by atoms with Gasteiger partial charge in [0.15, 0.2) is 5.65 Å². The van der Waals surface area contributed by atoms with Crippen LogP contribution in [0.5, 0.6) is 0 Å². The summed E-state index contributed by atoms with van der Waals surface area (Å²) in [6.07, 6.45) is 3.15. The molecule has 210 valence electrons. The summed E-state index contributed by atoms with van der Waals surface area (Å²) in [5.41, 5.74) is 8.82. The number of aromatic carboxylic acids is 1. The molecule has 2 aromatic heterocycles. The van der Waals surface area contributed by atoms with Gasteiger partial charge >= 0.3 is 17.6 Å². The molecule has 1 aliphatic carbocycles. The fourth-order valence-corrected chi connectivity index (χ4v) is 4.28. The second-order valence-electron chi connectivity index (χ2n) is 8.94. The average molecular weight is 552 g/mol. The fourth-order valence-electron chi connectivity index (χ4n) is 4.28. The van der Waals surface area contributed by atoms with Gasteiger partial charge in [0.1, 0.15) is 17.2 Å².